The first-order valence-corrected chi connectivity index (χ1v) is 4.45. The summed E-state index contributed by atoms with van der Waals surface area (Å²) in [7, 11) is 0. The van der Waals surface area contributed by atoms with Crippen molar-refractivity contribution in [2.24, 2.45) is 0 Å². The minimum atomic E-state index is -0.424. The molecule has 2 N–H and O–H groups in total. The third-order valence-corrected chi connectivity index (χ3v) is 1.72. The molecule has 1 atom stereocenters. The van der Waals surface area contributed by atoms with E-state index in [4.69, 9.17) is 10.4 Å². The highest BCUT2D eigenvalue weighted by molar-refractivity contribution is 5.10. The number of nitrogens with one attached hydrogen (secondary N) is 1. The van der Waals surface area contributed by atoms with Crippen molar-refractivity contribution in [2.45, 2.75) is 19.5 Å². The Kier molecular flexibility index (Phi) is 4.04. The van der Waals surface area contributed by atoms with E-state index in [1.165, 1.54) is 4.68 Å². The molecule has 0 amide bonds. The van der Waals surface area contributed by atoms with E-state index in [-0.39, 0.29) is 6.61 Å². The normalized spacial score (nSPS) is 12.4. The van der Waals surface area contributed by atoms with Crippen molar-refractivity contribution >= 4 is 0 Å². The first-order valence-electron chi connectivity index (χ1n) is 4.45. The minimum absolute atomic E-state index is 0.0151. The van der Waals surface area contributed by atoms with Crippen LogP contribution in [0.15, 0.2) is 6.20 Å². The van der Waals surface area contributed by atoms with Gasteiger partial charge in [0.1, 0.15) is 11.7 Å². The Hall–Kier alpha value is -1.45. The Labute approximate surface area is 82.2 Å². The molecule has 0 aliphatic rings. The summed E-state index contributed by atoms with van der Waals surface area (Å²) in [5.41, 5.74) is 0.586. The van der Waals surface area contributed by atoms with Gasteiger partial charge >= 0.3 is 0 Å². The Morgan fingerprint density at radius 1 is 1.79 bits per heavy atom. The average molecular weight is 195 g/mol. The van der Waals surface area contributed by atoms with Gasteiger partial charge < -0.3 is 5.11 Å². The zero-order valence-electron chi connectivity index (χ0n) is 8.01. The molecule has 6 heteroatoms. The Balaban J connectivity index is 2.69. The molecule has 1 heterocycles. The predicted molar refractivity (Wildman–Crippen MR) is 49.1 cm³/mol. The lowest BCUT2D eigenvalue weighted by atomic mass is 10.2. The molecular formula is C8H13N5O. The van der Waals surface area contributed by atoms with Crippen molar-refractivity contribution in [3.63, 3.8) is 0 Å². The van der Waals surface area contributed by atoms with Crippen LogP contribution >= 0.6 is 0 Å². The largest absolute Gasteiger partial charge is 0.394 e. The Bertz CT molecular complexity index is 316. The second-order valence-electron chi connectivity index (χ2n) is 2.75. The summed E-state index contributed by atoms with van der Waals surface area (Å²) in [6.07, 6.45) is 1.66. The number of nitrogens with zero attached hydrogens (tertiary/aromatic N) is 4. The molecule has 0 saturated heterocycles. The molecular weight excluding hydrogens is 182 g/mol. The SMILES string of the molecule is CCNC(C#N)c1cn(CCO)nn1. The van der Waals surface area contributed by atoms with Gasteiger partial charge in [0.25, 0.3) is 0 Å². The minimum Gasteiger partial charge on any atom is -0.394 e. The van der Waals surface area contributed by atoms with Gasteiger partial charge in [-0.1, -0.05) is 12.1 Å². The lowest BCUT2D eigenvalue weighted by molar-refractivity contribution is 0.268. The van der Waals surface area contributed by atoms with E-state index in [1.54, 1.807) is 6.20 Å². The van der Waals surface area contributed by atoms with Gasteiger partial charge in [0.05, 0.1) is 25.4 Å². The van der Waals surface area contributed by atoms with Crippen LogP contribution < -0.4 is 5.32 Å². The van der Waals surface area contributed by atoms with Gasteiger partial charge in [-0.05, 0) is 6.54 Å². The number of aromatic nitrogens is 3. The van der Waals surface area contributed by atoms with Crippen LogP contribution in [-0.2, 0) is 6.54 Å². The molecule has 0 aliphatic carbocycles. The van der Waals surface area contributed by atoms with Crippen molar-refractivity contribution in [1.29, 1.82) is 5.26 Å². The van der Waals surface area contributed by atoms with Crippen LogP contribution in [0, 0.1) is 11.3 Å². The molecule has 1 rings (SSSR count). The molecule has 0 bridgehead atoms. The third kappa shape index (κ3) is 2.52. The van der Waals surface area contributed by atoms with Gasteiger partial charge in [-0.2, -0.15) is 5.26 Å². The van der Waals surface area contributed by atoms with Gasteiger partial charge in [0.15, 0.2) is 0 Å². The molecule has 0 fully saturated rings. The van der Waals surface area contributed by atoms with Crippen molar-refractivity contribution in [1.82, 2.24) is 20.3 Å². The fourth-order valence-corrected chi connectivity index (χ4v) is 1.08. The van der Waals surface area contributed by atoms with Crippen LogP contribution in [0.25, 0.3) is 0 Å². The van der Waals surface area contributed by atoms with Crippen molar-refractivity contribution in [3.05, 3.63) is 11.9 Å². The molecule has 0 aliphatic heterocycles. The Morgan fingerprint density at radius 2 is 2.57 bits per heavy atom. The predicted octanol–water partition coefficient (Wildman–Crippen LogP) is -0.555. The van der Waals surface area contributed by atoms with E-state index >= 15 is 0 Å². The molecule has 0 aromatic carbocycles. The van der Waals surface area contributed by atoms with Crippen molar-refractivity contribution in [3.8, 4) is 6.07 Å². The molecule has 0 spiro atoms. The van der Waals surface area contributed by atoms with Gasteiger partial charge in [0, 0.05) is 0 Å². The quantitative estimate of drug-likeness (QED) is 0.658. The molecule has 0 radical (unpaired) electrons. The molecule has 76 valence electrons. The van der Waals surface area contributed by atoms with Gasteiger partial charge in [-0.25, -0.2) is 4.68 Å². The molecule has 0 saturated carbocycles. The average Bonchev–Trinajstić information content (AvgIpc) is 2.63. The highest BCUT2D eigenvalue weighted by Crippen LogP contribution is 2.06. The van der Waals surface area contributed by atoms with E-state index in [1.807, 2.05) is 6.92 Å². The van der Waals surface area contributed by atoms with Gasteiger partial charge in [0.2, 0.25) is 0 Å². The van der Waals surface area contributed by atoms with E-state index < -0.39 is 6.04 Å². The second kappa shape index (κ2) is 5.32. The number of aliphatic hydroxyl groups is 1. The maximum absolute atomic E-state index is 8.81. The van der Waals surface area contributed by atoms with E-state index in [0.717, 1.165) is 0 Å². The fraction of sp³-hybridized carbons (Fsp3) is 0.625. The second-order valence-corrected chi connectivity index (χ2v) is 2.75. The topological polar surface area (TPSA) is 86.8 Å². The fourth-order valence-electron chi connectivity index (χ4n) is 1.08. The highest BCUT2D eigenvalue weighted by atomic mass is 16.3. The highest BCUT2D eigenvalue weighted by Gasteiger charge is 2.12. The number of hydrogen-bond donors (Lipinski definition) is 2. The first-order chi connectivity index (χ1) is 6.81. The molecule has 14 heavy (non-hydrogen) atoms. The zero-order valence-corrected chi connectivity index (χ0v) is 8.01. The summed E-state index contributed by atoms with van der Waals surface area (Å²) in [6.45, 7) is 3.03. The molecule has 1 aromatic rings. The van der Waals surface area contributed by atoms with E-state index in [2.05, 4.69) is 21.7 Å². The number of aliphatic hydroxyl groups excluding tert-OH is 1. The van der Waals surface area contributed by atoms with E-state index in [9.17, 15) is 0 Å². The maximum atomic E-state index is 8.81. The summed E-state index contributed by atoms with van der Waals surface area (Å²) in [6, 6.07) is 1.66. The van der Waals surface area contributed by atoms with Crippen LogP contribution in [0.2, 0.25) is 0 Å². The summed E-state index contributed by atoms with van der Waals surface area (Å²) in [5.74, 6) is 0. The van der Waals surface area contributed by atoms with Crippen LogP contribution in [-0.4, -0.2) is 33.3 Å². The van der Waals surface area contributed by atoms with E-state index in [0.29, 0.717) is 18.8 Å². The van der Waals surface area contributed by atoms with Gasteiger partial charge in [-0.3, -0.25) is 5.32 Å². The first kappa shape index (κ1) is 10.6. The van der Waals surface area contributed by atoms with Crippen molar-refractivity contribution < 1.29 is 5.11 Å². The van der Waals surface area contributed by atoms with Crippen LogP contribution in [0.1, 0.15) is 18.7 Å². The summed E-state index contributed by atoms with van der Waals surface area (Å²) in [4.78, 5) is 0. The zero-order chi connectivity index (χ0) is 10.4. The molecule has 1 aromatic heterocycles. The number of nitriles is 1. The summed E-state index contributed by atoms with van der Waals surface area (Å²) >= 11 is 0. The Morgan fingerprint density at radius 3 is 3.14 bits per heavy atom. The van der Waals surface area contributed by atoms with Crippen LogP contribution in [0.3, 0.4) is 0 Å². The summed E-state index contributed by atoms with van der Waals surface area (Å²) < 4.78 is 1.51. The standard InChI is InChI=1S/C8H13N5O/c1-2-10-7(5-9)8-6-13(3-4-14)12-11-8/h6-7,10,14H,2-4H2,1H3. The summed E-state index contributed by atoms with van der Waals surface area (Å²) in [5, 5.41) is 28.0. The third-order valence-electron chi connectivity index (χ3n) is 1.72. The van der Waals surface area contributed by atoms with Crippen LogP contribution in [0.4, 0.5) is 0 Å². The van der Waals surface area contributed by atoms with Gasteiger partial charge in [-0.15, -0.1) is 5.10 Å². The smallest absolute Gasteiger partial charge is 0.141 e. The number of hydrogen-bond acceptors (Lipinski definition) is 5. The van der Waals surface area contributed by atoms with Crippen LogP contribution in [0.5, 0.6) is 0 Å². The van der Waals surface area contributed by atoms with Crippen molar-refractivity contribution in [2.75, 3.05) is 13.2 Å². The lowest BCUT2D eigenvalue weighted by Crippen LogP contribution is -2.19. The molecule has 1 unspecified atom stereocenters. The monoisotopic (exact) mass is 195 g/mol. The maximum Gasteiger partial charge on any atom is 0.141 e. The lowest BCUT2D eigenvalue weighted by Gasteiger charge is -2.04. The molecule has 6 nitrogen and oxygen atoms in total. The number of rotatable bonds is 5.